The Hall–Kier alpha value is -2.49. The Morgan fingerprint density at radius 3 is 2.62 bits per heavy atom. The molecule has 4 rings (SSSR count). The van der Waals surface area contributed by atoms with Crippen molar-refractivity contribution in [3.05, 3.63) is 36.4 Å². The fraction of sp³-hybridized carbons (Fsp3) is 0.500. The Kier molecular flexibility index (Phi) is 4.14. The number of aromatic nitrogens is 4. The molecule has 0 bridgehead atoms. The number of carbonyl (C=O) groups excluding carboxylic acids is 1. The van der Waals surface area contributed by atoms with Gasteiger partial charge in [-0.05, 0) is 19.1 Å². The van der Waals surface area contributed by atoms with Gasteiger partial charge < -0.3 is 9.80 Å². The molecule has 1 amide bonds. The summed E-state index contributed by atoms with van der Waals surface area (Å²) in [5.74, 6) is 0.301. The maximum absolute atomic E-state index is 13.1. The number of aryl methyl sites for hydroxylation is 1. The third-order valence-corrected chi connectivity index (χ3v) is 6.68. The highest BCUT2D eigenvalue weighted by atomic mass is 32.2. The van der Waals surface area contributed by atoms with Crippen LogP contribution in [0.15, 0.2) is 30.7 Å². The van der Waals surface area contributed by atoms with E-state index in [2.05, 4.69) is 15.1 Å². The average Bonchev–Trinajstić information content (AvgIpc) is 3.23. The molecule has 2 saturated heterocycles. The SMILES string of the molecule is CCn1nccc1C(=O)N1CCN(c2ncccn2)[C@@H]2CS(=O)(=O)C[C@@H]21. The van der Waals surface area contributed by atoms with Crippen LogP contribution in [0.5, 0.6) is 0 Å². The van der Waals surface area contributed by atoms with Crippen LogP contribution in [-0.4, -0.2) is 75.7 Å². The van der Waals surface area contributed by atoms with E-state index in [-0.39, 0.29) is 23.5 Å². The van der Waals surface area contributed by atoms with Crippen LogP contribution in [0, 0.1) is 0 Å². The van der Waals surface area contributed by atoms with Gasteiger partial charge in [0.25, 0.3) is 5.91 Å². The van der Waals surface area contributed by atoms with E-state index in [4.69, 9.17) is 0 Å². The van der Waals surface area contributed by atoms with Gasteiger partial charge in [0.15, 0.2) is 9.84 Å². The van der Waals surface area contributed by atoms with Crippen LogP contribution in [-0.2, 0) is 16.4 Å². The van der Waals surface area contributed by atoms with E-state index < -0.39 is 15.9 Å². The summed E-state index contributed by atoms with van der Waals surface area (Å²) in [6.07, 6.45) is 4.86. The van der Waals surface area contributed by atoms with Crippen molar-refractivity contribution in [1.29, 1.82) is 0 Å². The van der Waals surface area contributed by atoms with Crippen molar-refractivity contribution in [3.8, 4) is 0 Å². The number of nitrogens with zero attached hydrogens (tertiary/aromatic N) is 6. The zero-order valence-corrected chi connectivity index (χ0v) is 15.2. The molecule has 2 aliphatic rings. The third kappa shape index (κ3) is 2.83. The lowest BCUT2D eigenvalue weighted by Gasteiger charge is -2.43. The highest BCUT2D eigenvalue weighted by Crippen LogP contribution is 2.30. The van der Waals surface area contributed by atoms with E-state index in [0.717, 1.165) is 0 Å². The monoisotopic (exact) mass is 376 g/mol. The Morgan fingerprint density at radius 1 is 1.15 bits per heavy atom. The molecule has 2 atom stereocenters. The van der Waals surface area contributed by atoms with Gasteiger partial charge in [-0.25, -0.2) is 18.4 Å². The average molecular weight is 376 g/mol. The number of carbonyl (C=O) groups is 1. The predicted octanol–water partition coefficient (Wildman–Crippen LogP) is -0.179. The maximum Gasteiger partial charge on any atom is 0.272 e. The Balaban J connectivity index is 1.67. The van der Waals surface area contributed by atoms with Gasteiger partial charge in [0, 0.05) is 38.2 Å². The number of hydrogen-bond acceptors (Lipinski definition) is 7. The minimum atomic E-state index is -3.23. The van der Waals surface area contributed by atoms with Crippen LogP contribution < -0.4 is 4.90 Å². The standard InChI is InChI=1S/C16H20N6O3S/c1-2-22-12(4-7-19-22)15(23)20-8-9-21(16-17-5-3-6-18-16)14-11-26(24,25)10-13(14)20/h3-7,13-14H,2,8-11H2,1H3/t13-,14+/m0/s1. The van der Waals surface area contributed by atoms with Gasteiger partial charge in [0.05, 0.1) is 23.6 Å². The minimum Gasteiger partial charge on any atom is -0.333 e. The summed E-state index contributed by atoms with van der Waals surface area (Å²) in [5, 5.41) is 4.15. The second-order valence-corrected chi connectivity index (χ2v) is 8.64. The van der Waals surface area contributed by atoms with Gasteiger partial charge in [0.2, 0.25) is 5.95 Å². The molecule has 2 aromatic rings. The molecule has 0 saturated carbocycles. The molecule has 0 radical (unpaired) electrons. The number of hydrogen-bond donors (Lipinski definition) is 0. The highest BCUT2D eigenvalue weighted by molar-refractivity contribution is 7.91. The van der Waals surface area contributed by atoms with E-state index in [1.54, 1.807) is 40.3 Å². The first-order valence-corrected chi connectivity index (χ1v) is 10.4. The largest absolute Gasteiger partial charge is 0.333 e. The van der Waals surface area contributed by atoms with Crippen LogP contribution >= 0.6 is 0 Å². The first kappa shape index (κ1) is 17.0. The van der Waals surface area contributed by atoms with Crippen molar-refractivity contribution in [1.82, 2.24) is 24.6 Å². The second kappa shape index (κ2) is 6.35. The Bertz CT molecular complexity index is 913. The fourth-order valence-electron chi connectivity index (χ4n) is 3.81. The van der Waals surface area contributed by atoms with E-state index in [9.17, 15) is 13.2 Å². The van der Waals surface area contributed by atoms with Gasteiger partial charge in [-0.15, -0.1) is 0 Å². The molecule has 2 aliphatic heterocycles. The molecular formula is C16H20N6O3S. The molecule has 4 heterocycles. The summed E-state index contributed by atoms with van der Waals surface area (Å²) in [5.41, 5.74) is 0.486. The zero-order chi connectivity index (χ0) is 18.3. The molecule has 2 fully saturated rings. The van der Waals surface area contributed by atoms with Gasteiger partial charge in [-0.1, -0.05) is 0 Å². The number of amides is 1. The lowest BCUT2D eigenvalue weighted by atomic mass is 10.0. The van der Waals surface area contributed by atoms with Crippen molar-refractivity contribution in [2.45, 2.75) is 25.6 Å². The predicted molar refractivity (Wildman–Crippen MR) is 94.5 cm³/mol. The van der Waals surface area contributed by atoms with E-state index in [0.29, 0.717) is 31.3 Å². The molecule has 0 aromatic carbocycles. The third-order valence-electron chi connectivity index (χ3n) is 4.98. The number of fused-ring (bicyclic) bond motifs is 1. The zero-order valence-electron chi connectivity index (χ0n) is 14.4. The number of piperazine rings is 1. The summed E-state index contributed by atoms with van der Waals surface area (Å²) >= 11 is 0. The van der Waals surface area contributed by atoms with E-state index in [1.165, 1.54) is 0 Å². The minimum absolute atomic E-state index is 0.00669. The van der Waals surface area contributed by atoms with E-state index in [1.807, 2.05) is 11.8 Å². The molecule has 0 aliphatic carbocycles. The molecule has 10 heteroatoms. The lowest BCUT2D eigenvalue weighted by molar-refractivity contribution is 0.0635. The Morgan fingerprint density at radius 2 is 1.88 bits per heavy atom. The molecule has 0 N–H and O–H groups in total. The number of rotatable bonds is 3. The summed E-state index contributed by atoms with van der Waals surface area (Å²) in [7, 11) is -3.23. The van der Waals surface area contributed by atoms with Gasteiger partial charge >= 0.3 is 0 Å². The maximum atomic E-state index is 13.1. The van der Waals surface area contributed by atoms with Crippen molar-refractivity contribution in [2.75, 3.05) is 29.5 Å². The molecule has 9 nitrogen and oxygen atoms in total. The highest BCUT2D eigenvalue weighted by Gasteiger charge is 2.49. The Labute approximate surface area is 151 Å². The lowest BCUT2D eigenvalue weighted by Crippen LogP contribution is -2.61. The quantitative estimate of drug-likeness (QED) is 0.732. The first-order chi connectivity index (χ1) is 12.5. The van der Waals surface area contributed by atoms with Gasteiger partial charge in [-0.2, -0.15) is 5.10 Å². The van der Waals surface area contributed by atoms with Crippen molar-refractivity contribution < 1.29 is 13.2 Å². The van der Waals surface area contributed by atoms with Crippen LogP contribution in [0.3, 0.4) is 0 Å². The normalized spacial score (nSPS) is 24.5. The number of sulfone groups is 1. The summed E-state index contributed by atoms with van der Waals surface area (Å²) in [6, 6.07) is 2.65. The summed E-state index contributed by atoms with van der Waals surface area (Å²) < 4.78 is 26.3. The smallest absolute Gasteiger partial charge is 0.272 e. The van der Waals surface area contributed by atoms with Crippen molar-refractivity contribution >= 4 is 21.7 Å². The number of anilines is 1. The molecule has 2 aromatic heterocycles. The molecule has 0 spiro atoms. The fourth-order valence-corrected chi connectivity index (χ4v) is 5.79. The molecule has 26 heavy (non-hydrogen) atoms. The van der Waals surface area contributed by atoms with Crippen LogP contribution in [0.25, 0.3) is 0 Å². The summed E-state index contributed by atoms with van der Waals surface area (Å²) in [6.45, 7) is 3.41. The molecule has 138 valence electrons. The van der Waals surface area contributed by atoms with Crippen molar-refractivity contribution in [2.24, 2.45) is 0 Å². The van der Waals surface area contributed by atoms with Gasteiger partial charge in [-0.3, -0.25) is 9.48 Å². The molecule has 0 unspecified atom stereocenters. The summed E-state index contributed by atoms with van der Waals surface area (Å²) in [4.78, 5) is 25.2. The van der Waals surface area contributed by atoms with Crippen LogP contribution in [0.2, 0.25) is 0 Å². The van der Waals surface area contributed by atoms with E-state index >= 15 is 0 Å². The topological polar surface area (TPSA) is 101 Å². The van der Waals surface area contributed by atoms with Gasteiger partial charge in [0.1, 0.15) is 5.69 Å². The second-order valence-electron chi connectivity index (χ2n) is 6.48. The van der Waals surface area contributed by atoms with Crippen molar-refractivity contribution in [3.63, 3.8) is 0 Å². The molecular weight excluding hydrogens is 356 g/mol. The first-order valence-electron chi connectivity index (χ1n) is 8.57. The van der Waals surface area contributed by atoms with Crippen LogP contribution in [0.4, 0.5) is 5.95 Å². The van der Waals surface area contributed by atoms with Crippen LogP contribution in [0.1, 0.15) is 17.4 Å².